The number of nitrogens with two attached hydrogens (primary N) is 1. The van der Waals surface area contributed by atoms with E-state index in [1.807, 2.05) is 7.05 Å². The van der Waals surface area contributed by atoms with Gasteiger partial charge in [0.2, 0.25) is 0 Å². The Labute approximate surface area is 126 Å². The number of carbonyl (C=O) groups excluding carboxylic acids is 1. The van der Waals surface area contributed by atoms with E-state index in [1.54, 1.807) is 19.2 Å². The van der Waals surface area contributed by atoms with Gasteiger partial charge in [0.25, 0.3) is 0 Å². The van der Waals surface area contributed by atoms with Crippen molar-refractivity contribution in [1.29, 1.82) is 0 Å². The largest absolute Gasteiger partial charge is 0.462 e. The number of nitrogens with zero attached hydrogens (tertiary/aromatic N) is 2. The molecule has 1 heterocycles. The van der Waals surface area contributed by atoms with Gasteiger partial charge in [-0.15, -0.1) is 0 Å². The molecule has 1 fully saturated rings. The Morgan fingerprint density at radius 3 is 2.95 bits per heavy atom. The standard InChI is InChI=1S/C16H25N3O2/c1-4-21-16(20)14-9-12(17)10-18-15(14)19(3)13-7-5-6-11(2)8-13/h9-11,13H,4-8,17H2,1-3H3. The molecule has 2 atom stereocenters. The smallest absolute Gasteiger partial charge is 0.341 e. The molecule has 21 heavy (non-hydrogen) atoms. The molecular formula is C16H25N3O2. The summed E-state index contributed by atoms with van der Waals surface area (Å²) < 4.78 is 5.12. The summed E-state index contributed by atoms with van der Waals surface area (Å²) in [5.74, 6) is 1.02. The molecule has 0 amide bonds. The molecule has 2 unspecified atom stereocenters. The molecule has 2 rings (SSSR count). The van der Waals surface area contributed by atoms with Crippen molar-refractivity contribution in [1.82, 2.24) is 4.98 Å². The second-order valence-electron chi connectivity index (χ2n) is 5.90. The Hall–Kier alpha value is -1.78. The summed E-state index contributed by atoms with van der Waals surface area (Å²) in [6, 6.07) is 2.07. The SMILES string of the molecule is CCOC(=O)c1cc(N)cnc1N(C)C1CCCC(C)C1. The molecule has 0 bridgehead atoms. The van der Waals surface area contributed by atoms with Crippen LogP contribution in [0.4, 0.5) is 11.5 Å². The van der Waals surface area contributed by atoms with E-state index in [2.05, 4.69) is 16.8 Å². The summed E-state index contributed by atoms with van der Waals surface area (Å²) >= 11 is 0. The molecule has 1 aliphatic rings. The molecule has 5 nitrogen and oxygen atoms in total. The fourth-order valence-electron chi connectivity index (χ4n) is 3.04. The van der Waals surface area contributed by atoms with Gasteiger partial charge in [-0.05, 0) is 31.7 Å². The number of hydrogen-bond acceptors (Lipinski definition) is 5. The number of pyridine rings is 1. The number of ether oxygens (including phenoxy) is 1. The third-order valence-corrected chi connectivity index (χ3v) is 4.17. The Balaban J connectivity index is 2.27. The molecule has 0 radical (unpaired) electrons. The topological polar surface area (TPSA) is 68.5 Å². The van der Waals surface area contributed by atoms with E-state index >= 15 is 0 Å². The summed E-state index contributed by atoms with van der Waals surface area (Å²) in [5, 5.41) is 0. The number of rotatable bonds is 4. The average molecular weight is 291 g/mol. The Morgan fingerprint density at radius 2 is 2.29 bits per heavy atom. The second kappa shape index (κ2) is 6.78. The normalized spacial score (nSPS) is 21.9. The average Bonchev–Trinajstić information content (AvgIpc) is 2.46. The van der Waals surface area contributed by atoms with E-state index in [4.69, 9.17) is 10.5 Å². The van der Waals surface area contributed by atoms with Crippen molar-refractivity contribution in [2.24, 2.45) is 5.92 Å². The molecule has 116 valence electrons. The lowest BCUT2D eigenvalue weighted by Crippen LogP contribution is -2.37. The van der Waals surface area contributed by atoms with Gasteiger partial charge < -0.3 is 15.4 Å². The monoisotopic (exact) mass is 291 g/mol. The van der Waals surface area contributed by atoms with Crippen LogP contribution in [0.15, 0.2) is 12.3 Å². The zero-order chi connectivity index (χ0) is 15.4. The third kappa shape index (κ3) is 3.65. The first-order valence-corrected chi connectivity index (χ1v) is 7.68. The quantitative estimate of drug-likeness (QED) is 0.864. The van der Waals surface area contributed by atoms with Gasteiger partial charge >= 0.3 is 5.97 Å². The van der Waals surface area contributed by atoms with E-state index in [0.29, 0.717) is 35.6 Å². The van der Waals surface area contributed by atoms with E-state index in [1.165, 1.54) is 12.8 Å². The predicted octanol–water partition coefficient (Wildman–Crippen LogP) is 2.86. The van der Waals surface area contributed by atoms with Crippen LogP contribution >= 0.6 is 0 Å². The van der Waals surface area contributed by atoms with Gasteiger partial charge in [0.15, 0.2) is 0 Å². The number of anilines is 2. The summed E-state index contributed by atoms with van der Waals surface area (Å²) in [7, 11) is 2.00. The van der Waals surface area contributed by atoms with E-state index < -0.39 is 0 Å². The molecule has 1 aromatic rings. The highest BCUT2D eigenvalue weighted by molar-refractivity contribution is 5.95. The van der Waals surface area contributed by atoms with Crippen LogP contribution in [0.5, 0.6) is 0 Å². The van der Waals surface area contributed by atoms with Crippen LogP contribution in [0.25, 0.3) is 0 Å². The molecule has 1 aromatic heterocycles. The lowest BCUT2D eigenvalue weighted by molar-refractivity contribution is 0.0526. The minimum absolute atomic E-state index is 0.344. The summed E-state index contributed by atoms with van der Waals surface area (Å²) in [6.07, 6.45) is 6.37. The van der Waals surface area contributed by atoms with Crippen LogP contribution in [0.1, 0.15) is 49.9 Å². The van der Waals surface area contributed by atoms with E-state index in [0.717, 1.165) is 12.8 Å². The van der Waals surface area contributed by atoms with Crippen LogP contribution in [0, 0.1) is 5.92 Å². The van der Waals surface area contributed by atoms with Crippen LogP contribution in [-0.2, 0) is 4.74 Å². The maximum absolute atomic E-state index is 12.1. The van der Waals surface area contributed by atoms with Crippen molar-refractivity contribution in [3.8, 4) is 0 Å². The van der Waals surface area contributed by atoms with Crippen molar-refractivity contribution < 1.29 is 9.53 Å². The number of carbonyl (C=O) groups is 1. The summed E-state index contributed by atoms with van der Waals surface area (Å²) in [4.78, 5) is 18.6. The fraction of sp³-hybridized carbons (Fsp3) is 0.625. The van der Waals surface area contributed by atoms with Crippen LogP contribution in [-0.4, -0.2) is 30.6 Å². The van der Waals surface area contributed by atoms with Gasteiger partial charge in [-0.3, -0.25) is 0 Å². The zero-order valence-corrected chi connectivity index (χ0v) is 13.1. The van der Waals surface area contributed by atoms with Gasteiger partial charge in [-0.1, -0.05) is 19.8 Å². The highest BCUT2D eigenvalue weighted by Crippen LogP contribution is 2.30. The maximum atomic E-state index is 12.1. The Morgan fingerprint density at radius 1 is 1.52 bits per heavy atom. The van der Waals surface area contributed by atoms with Gasteiger partial charge in [0, 0.05) is 13.1 Å². The van der Waals surface area contributed by atoms with Crippen molar-refractivity contribution in [2.45, 2.75) is 45.6 Å². The molecule has 2 N–H and O–H groups in total. The fourth-order valence-corrected chi connectivity index (χ4v) is 3.04. The zero-order valence-electron chi connectivity index (χ0n) is 13.1. The lowest BCUT2D eigenvalue weighted by atomic mass is 9.86. The summed E-state index contributed by atoms with van der Waals surface area (Å²) in [6.45, 7) is 4.42. The van der Waals surface area contributed by atoms with Crippen LogP contribution in [0.2, 0.25) is 0 Å². The van der Waals surface area contributed by atoms with E-state index in [-0.39, 0.29) is 5.97 Å². The van der Waals surface area contributed by atoms with Crippen molar-refractivity contribution in [3.05, 3.63) is 17.8 Å². The number of nitrogen functional groups attached to an aromatic ring is 1. The minimum atomic E-state index is -0.358. The molecule has 0 aliphatic heterocycles. The molecule has 1 aliphatic carbocycles. The molecular weight excluding hydrogens is 266 g/mol. The van der Waals surface area contributed by atoms with Gasteiger partial charge in [-0.25, -0.2) is 9.78 Å². The van der Waals surface area contributed by atoms with Gasteiger partial charge in [-0.2, -0.15) is 0 Å². The number of esters is 1. The first kappa shape index (κ1) is 15.6. The predicted molar refractivity (Wildman–Crippen MR) is 84.4 cm³/mol. The van der Waals surface area contributed by atoms with Crippen molar-refractivity contribution in [3.63, 3.8) is 0 Å². The van der Waals surface area contributed by atoms with Crippen molar-refractivity contribution >= 4 is 17.5 Å². The Bertz CT molecular complexity index is 504. The molecule has 0 aromatic carbocycles. The highest BCUT2D eigenvalue weighted by atomic mass is 16.5. The highest BCUT2D eigenvalue weighted by Gasteiger charge is 2.26. The Kier molecular flexibility index (Phi) is 5.04. The molecule has 1 saturated carbocycles. The molecule has 5 heteroatoms. The van der Waals surface area contributed by atoms with Crippen LogP contribution < -0.4 is 10.6 Å². The van der Waals surface area contributed by atoms with Crippen molar-refractivity contribution in [2.75, 3.05) is 24.3 Å². The lowest BCUT2D eigenvalue weighted by Gasteiger charge is -2.35. The van der Waals surface area contributed by atoms with E-state index in [9.17, 15) is 4.79 Å². The minimum Gasteiger partial charge on any atom is -0.462 e. The van der Waals surface area contributed by atoms with Crippen LogP contribution in [0.3, 0.4) is 0 Å². The third-order valence-electron chi connectivity index (χ3n) is 4.17. The maximum Gasteiger partial charge on any atom is 0.341 e. The molecule has 0 saturated heterocycles. The molecule has 0 spiro atoms. The first-order valence-electron chi connectivity index (χ1n) is 7.68. The first-order chi connectivity index (χ1) is 10.0. The van der Waals surface area contributed by atoms with Gasteiger partial charge in [0.05, 0.1) is 18.5 Å². The summed E-state index contributed by atoms with van der Waals surface area (Å²) in [5.41, 5.74) is 6.71. The number of hydrogen-bond donors (Lipinski definition) is 1. The van der Waals surface area contributed by atoms with Gasteiger partial charge in [0.1, 0.15) is 11.4 Å². The number of aromatic nitrogens is 1. The second-order valence-corrected chi connectivity index (χ2v) is 5.90.